The Morgan fingerprint density at radius 2 is 2.22 bits per heavy atom. The maximum Gasteiger partial charge on any atom is 0.251 e. The van der Waals surface area contributed by atoms with Gasteiger partial charge in [0.25, 0.3) is 5.91 Å². The van der Waals surface area contributed by atoms with Crippen LogP contribution in [-0.2, 0) is 0 Å². The lowest BCUT2D eigenvalue weighted by Gasteiger charge is -2.16. The van der Waals surface area contributed by atoms with Crippen molar-refractivity contribution in [2.45, 2.75) is 39.2 Å². The average Bonchev–Trinajstić information content (AvgIpc) is 2.37. The molecule has 0 heterocycles. The van der Waals surface area contributed by atoms with Crippen LogP contribution in [0.2, 0.25) is 0 Å². The number of aryl methyl sites for hydroxylation is 1. The van der Waals surface area contributed by atoms with E-state index in [4.69, 9.17) is 5.73 Å². The minimum atomic E-state index is -0.0283. The SMILES string of the molecule is CCCCC(CN)NC(=O)c1ccc(C)c(I)c1. The number of benzene rings is 1. The molecule has 100 valence electrons. The predicted molar refractivity (Wildman–Crippen MR) is 83.7 cm³/mol. The van der Waals surface area contributed by atoms with Crippen molar-refractivity contribution in [2.75, 3.05) is 6.54 Å². The number of nitrogens with two attached hydrogens (primary N) is 1. The van der Waals surface area contributed by atoms with E-state index >= 15 is 0 Å². The first-order valence-electron chi connectivity index (χ1n) is 6.35. The summed E-state index contributed by atoms with van der Waals surface area (Å²) in [5.74, 6) is -0.0283. The molecule has 0 spiro atoms. The van der Waals surface area contributed by atoms with E-state index in [0.717, 1.165) is 22.8 Å². The molecule has 1 aromatic rings. The van der Waals surface area contributed by atoms with Crippen LogP contribution < -0.4 is 11.1 Å². The Kier molecular flexibility index (Phi) is 6.63. The molecule has 4 heteroatoms. The Balaban J connectivity index is 2.65. The van der Waals surface area contributed by atoms with Crippen molar-refractivity contribution >= 4 is 28.5 Å². The quantitative estimate of drug-likeness (QED) is 0.767. The maximum atomic E-state index is 12.1. The van der Waals surface area contributed by atoms with Crippen molar-refractivity contribution in [3.63, 3.8) is 0 Å². The molecule has 1 amide bonds. The summed E-state index contributed by atoms with van der Waals surface area (Å²) in [5, 5.41) is 3.00. The fraction of sp³-hybridized carbons (Fsp3) is 0.500. The molecule has 0 radical (unpaired) electrons. The molecule has 18 heavy (non-hydrogen) atoms. The highest BCUT2D eigenvalue weighted by atomic mass is 127. The van der Waals surface area contributed by atoms with E-state index < -0.39 is 0 Å². The Bertz CT molecular complexity index is 407. The second-order valence-electron chi connectivity index (χ2n) is 4.51. The summed E-state index contributed by atoms with van der Waals surface area (Å²) in [6.45, 7) is 4.67. The van der Waals surface area contributed by atoms with Crippen molar-refractivity contribution in [2.24, 2.45) is 5.73 Å². The molecular formula is C14H21IN2O. The Labute approximate surface area is 123 Å². The van der Waals surface area contributed by atoms with Crippen molar-refractivity contribution in [3.05, 3.63) is 32.9 Å². The Morgan fingerprint density at radius 1 is 1.50 bits per heavy atom. The van der Waals surface area contributed by atoms with Gasteiger partial charge in [-0.2, -0.15) is 0 Å². The van der Waals surface area contributed by atoms with Crippen LogP contribution in [0.15, 0.2) is 18.2 Å². The highest BCUT2D eigenvalue weighted by Crippen LogP contribution is 2.13. The molecule has 0 saturated heterocycles. The Hall–Kier alpha value is -0.620. The molecule has 1 atom stereocenters. The van der Waals surface area contributed by atoms with Crippen molar-refractivity contribution < 1.29 is 4.79 Å². The van der Waals surface area contributed by atoms with Crippen LogP contribution in [0.4, 0.5) is 0 Å². The zero-order valence-electron chi connectivity index (χ0n) is 11.0. The zero-order chi connectivity index (χ0) is 13.5. The number of amides is 1. The lowest BCUT2D eigenvalue weighted by molar-refractivity contribution is 0.0935. The third-order valence-electron chi connectivity index (χ3n) is 2.96. The first-order chi connectivity index (χ1) is 8.58. The lowest BCUT2D eigenvalue weighted by atomic mass is 10.1. The summed E-state index contributed by atoms with van der Waals surface area (Å²) < 4.78 is 1.11. The van der Waals surface area contributed by atoms with Crippen LogP contribution in [0, 0.1) is 10.5 Å². The number of carbonyl (C=O) groups excluding carboxylic acids is 1. The smallest absolute Gasteiger partial charge is 0.251 e. The predicted octanol–water partition coefficient (Wildman–Crippen LogP) is 2.85. The molecule has 3 N–H and O–H groups in total. The van der Waals surface area contributed by atoms with E-state index in [1.165, 1.54) is 5.56 Å². The molecule has 3 nitrogen and oxygen atoms in total. The minimum absolute atomic E-state index is 0.0283. The zero-order valence-corrected chi connectivity index (χ0v) is 13.2. The van der Waals surface area contributed by atoms with E-state index in [9.17, 15) is 4.79 Å². The number of unbranched alkanes of at least 4 members (excludes halogenated alkanes) is 1. The molecule has 1 rings (SSSR count). The van der Waals surface area contributed by atoms with Gasteiger partial charge in [0.1, 0.15) is 0 Å². The maximum absolute atomic E-state index is 12.1. The topological polar surface area (TPSA) is 55.1 Å². The van der Waals surface area contributed by atoms with Gasteiger partial charge in [-0.25, -0.2) is 0 Å². The van der Waals surface area contributed by atoms with Gasteiger partial charge in [0.2, 0.25) is 0 Å². The largest absolute Gasteiger partial charge is 0.348 e. The average molecular weight is 360 g/mol. The summed E-state index contributed by atoms with van der Waals surface area (Å²) in [5.41, 5.74) is 7.57. The number of halogens is 1. The van der Waals surface area contributed by atoms with Crippen LogP contribution in [0.25, 0.3) is 0 Å². The van der Waals surface area contributed by atoms with E-state index in [1.807, 2.05) is 25.1 Å². The number of carbonyl (C=O) groups is 1. The molecule has 0 aromatic heterocycles. The second-order valence-corrected chi connectivity index (χ2v) is 5.67. The third-order valence-corrected chi connectivity index (χ3v) is 4.12. The summed E-state index contributed by atoms with van der Waals surface area (Å²) in [4.78, 5) is 12.1. The first kappa shape index (κ1) is 15.4. The summed E-state index contributed by atoms with van der Waals surface area (Å²) in [7, 11) is 0. The van der Waals surface area contributed by atoms with E-state index in [1.54, 1.807) is 0 Å². The molecule has 0 bridgehead atoms. The van der Waals surface area contributed by atoms with E-state index in [2.05, 4.69) is 34.8 Å². The van der Waals surface area contributed by atoms with Gasteiger partial charge >= 0.3 is 0 Å². The highest BCUT2D eigenvalue weighted by Gasteiger charge is 2.12. The fourth-order valence-corrected chi connectivity index (χ4v) is 2.22. The number of rotatable bonds is 6. The minimum Gasteiger partial charge on any atom is -0.348 e. The highest BCUT2D eigenvalue weighted by molar-refractivity contribution is 14.1. The Morgan fingerprint density at radius 3 is 2.78 bits per heavy atom. The van der Waals surface area contributed by atoms with Gasteiger partial charge in [-0.15, -0.1) is 0 Å². The molecule has 1 aromatic carbocycles. The molecule has 1 unspecified atom stereocenters. The number of hydrogen-bond donors (Lipinski definition) is 2. The molecular weight excluding hydrogens is 339 g/mol. The molecule has 0 aliphatic rings. The van der Waals surface area contributed by atoms with Crippen LogP contribution in [-0.4, -0.2) is 18.5 Å². The molecule has 0 saturated carbocycles. The van der Waals surface area contributed by atoms with Gasteiger partial charge in [-0.1, -0.05) is 25.8 Å². The van der Waals surface area contributed by atoms with Crippen LogP contribution in [0.1, 0.15) is 42.1 Å². The van der Waals surface area contributed by atoms with Gasteiger partial charge < -0.3 is 11.1 Å². The van der Waals surface area contributed by atoms with Crippen LogP contribution in [0.3, 0.4) is 0 Å². The summed E-state index contributed by atoms with van der Waals surface area (Å²) in [6.07, 6.45) is 3.16. The third kappa shape index (κ3) is 4.57. The van der Waals surface area contributed by atoms with Crippen molar-refractivity contribution in [1.29, 1.82) is 0 Å². The normalized spacial score (nSPS) is 12.2. The van der Waals surface area contributed by atoms with Crippen LogP contribution >= 0.6 is 22.6 Å². The van der Waals surface area contributed by atoms with Crippen molar-refractivity contribution in [3.8, 4) is 0 Å². The van der Waals surface area contributed by atoms with E-state index in [-0.39, 0.29) is 11.9 Å². The van der Waals surface area contributed by atoms with Gasteiger partial charge in [0.15, 0.2) is 0 Å². The second kappa shape index (κ2) is 7.74. The number of nitrogens with one attached hydrogen (secondary N) is 1. The van der Waals surface area contributed by atoms with Gasteiger partial charge in [0.05, 0.1) is 0 Å². The first-order valence-corrected chi connectivity index (χ1v) is 7.43. The molecule has 0 aliphatic carbocycles. The number of hydrogen-bond acceptors (Lipinski definition) is 2. The monoisotopic (exact) mass is 360 g/mol. The van der Waals surface area contributed by atoms with Crippen molar-refractivity contribution in [1.82, 2.24) is 5.32 Å². The summed E-state index contributed by atoms with van der Waals surface area (Å²) >= 11 is 2.24. The van der Waals surface area contributed by atoms with E-state index in [0.29, 0.717) is 12.1 Å². The van der Waals surface area contributed by atoms with Gasteiger partial charge in [0, 0.05) is 21.7 Å². The molecule has 0 aliphatic heterocycles. The fourth-order valence-electron chi connectivity index (χ4n) is 1.70. The molecule has 0 fully saturated rings. The standard InChI is InChI=1S/C14H21IN2O/c1-3-4-5-12(9-16)17-14(18)11-7-6-10(2)13(15)8-11/h6-8,12H,3-5,9,16H2,1-2H3,(H,17,18). The summed E-state index contributed by atoms with van der Waals surface area (Å²) in [6, 6.07) is 5.83. The van der Waals surface area contributed by atoms with Crippen LogP contribution in [0.5, 0.6) is 0 Å². The van der Waals surface area contributed by atoms with Gasteiger partial charge in [-0.3, -0.25) is 4.79 Å². The van der Waals surface area contributed by atoms with Gasteiger partial charge in [-0.05, 0) is 53.6 Å². The lowest BCUT2D eigenvalue weighted by Crippen LogP contribution is -2.40.